The molecule has 0 spiro atoms. The van der Waals surface area contributed by atoms with Crippen molar-refractivity contribution >= 4 is 17.3 Å². The number of halogens is 1. The Hall–Kier alpha value is -0.730. The Morgan fingerprint density at radius 2 is 2.11 bits per heavy atom. The van der Waals surface area contributed by atoms with E-state index in [1.165, 1.54) is 30.5 Å². The van der Waals surface area contributed by atoms with Gasteiger partial charge in [0.1, 0.15) is 0 Å². The van der Waals surface area contributed by atoms with Crippen LogP contribution in [0.15, 0.2) is 18.2 Å². The SMILES string of the molecule is CNC(C)c1ccc(N2CCCC(C)CC2)c(Cl)c1. The zero-order valence-electron chi connectivity index (χ0n) is 12.2. The van der Waals surface area contributed by atoms with E-state index >= 15 is 0 Å². The molecule has 1 N–H and O–H groups in total. The van der Waals surface area contributed by atoms with E-state index in [4.69, 9.17) is 11.6 Å². The van der Waals surface area contributed by atoms with Gasteiger partial charge in [-0.05, 0) is 56.8 Å². The number of benzene rings is 1. The van der Waals surface area contributed by atoms with Crippen LogP contribution in [0.2, 0.25) is 5.02 Å². The topological polar surface area (TPSA) is 15.3 Å². The second kappa shape index (κ2) is 6.62. The first-order valence-corrected chi connectivity index (χ1v) is 7.71. The van der Waals surface area contributed by atoms with Gasteiger partial charge in [-0.25, -0.2) is 0 Å². The van der Waals surface area contributed by atoms with E-state index in [9.17, 15) is 0 Å². The van der Waals surface area contributed by atoms with Crippen molar-refractivity contribution in [2.45, 2.75) is 39.2 Å². The molecule has 0 aromatic heterocycles. The van der Waals surface area contributed by atoms with Gasteiger partial charge >= 0.3 is 0 Å². The first-order valence-electron chi connectivity index (χ1n) is 7.33. The molecule has 1 aromatic rings. The molecule has 19 heavy (non-hydrogen) atoms. The van der Waals surface area contributed by atoms with Gasteiger partial charge < -0.3 is 10.2 Å². The average Bonchev–Trinajstić information content (AvgIpc) is 2.62. The Kier molecular flexibility index (Phi) is 5.12. The van der Waals surface area contributed by atoms with Gasteiger partial charge in [0.25, 0.3) is 0 Å². The largest absolute Gasteiger partial charge is 0.370 e. The van der Waals surface area contributed by atoms with Crippen molar-refractivity contribution in [2.75, 3.05) is 25.0 Å². The lowest BCUT2D eigenvalue weighted by atomic mass is 10.0. The number of anilines is 1. The summed E-state index contributed by atoms with van der Waals surface area (Å²) in [5.41, 5.74) is 2.45. The molecule has 1 fully saturated rings. The van der Waals surface area contributed by atoms with Crippen molar-refractivity contribution in [3.8, 4) is 0 Å². The molecule has 0 saturated carbocycles. The first-order chi connectivity index (χ1) is 9.11. The van der Waals surface area contributed by atoms with E-state index in [0.717, 1.165) is 24.0 Å². The smallest absolute Gasteiger partial charge is 0.0642 e. The summed E-state index contributed by atoms with van der Waals surface area (Å²) in [4.78, 5) is 2.44. The minimum Gasteiger partial charge on any atom is -0.370 e. The molecule has 0 aliphatic carbocycles. The predicted octanol–water partition coefficient (Wildman–Crippen LogP) is 4.25. The molecule has 2 nitrogen and oxygen atoms in total. The number of rotatable bonds is 3. The molecule has 1 aliphatic heterocycles. The Morgan fingerprint density at radius 3 is 2.79 bits per heavy atom. The second-order valence-corrected chi connectivity index (χ2v) is 6.15. The third-order valence-corrected chi connectivity index (χ3v) is 4.56. The van der Waals surface area contributed by atoms with Crippen molar-refractivity contribution in [1.29, 1.82) is 0 Å². The average molecular weight is 281 g/mol. The molecular weight excluding hydrogens is 256 g/mol. The highest BCUT2D eigenvalue weighted by atomic mass is 35.5. The molecular formula is C16H25ClN2. The third-order valence-electron chi connectivity index (χ3n) is 4.26. The summed E-state index contributed by atoms with van der Waals surface area (Å²) in [5, 5.41) is 4.13. The van der Waals surface area contributed by atoms with Gasteiger partial charge in [0, 0.05) is 19.1 Å². The molecule has 2 atom stereocenters. The van der Waals surface area contributed by atoms with Crippen LogP contribution >= 0.6 is 11.6 Å². The highest BCUT2D eigenvalue weighted by Gasteiger charge is 2.16. The van der Waals surface area contributed by atoms with Crippen LogP contribution in [0.5, 0.6) is 0 Å². The van der Waals surface area contributed by atoms with Crippen LogP contribution in [0.3, 0.4) is 0 Å². The molecule has 3 heteroatoms. The second-order valence-electron chi connectivity index (χ2n) is 5.74. The zero-order valence-corrected chi connectivity index (χ0v) is 13.0. The number of hydrogen-bond donors (Lipinski definition) is 1. The molecule has 1 heterocycles. The van der Waals surface area contributed by atoms with Crippen molar-refractivity contribution in [3.05, 3.63) is 28.8 Å². The maximum atomic E-state index is 6.48. The summed E-state index contributed by atoms with van der Waals surface area (Å²) in [5.74, 6) is 0.840. The number of nitrogens with one attached hydrogen (secondary N) is 1. The van der Waals surface area contributed by atoms with Gasteiger partial charge in [0.2, 0.25) is 0 Å². The van der Waals surface area contributed by atoms with E-state index in [2.05, 4.69) is 42.3 Å². The maximum absolute atomic E-state index is 6.48. The van der Waals surface area contributed by atoms with E-state index in [0.29, 0.717) is 6.04 Å². The highest BCUT2D eigenvalue weighted by molar-refractivity contribution is 6.33. The zero-order chi connectivity index (χ0) is 13.8. The summed E-state index contributed by atoms with van der Waals surface area (Å²) >= 11 is 6.48. The normalized spacial score (nSPS) is 22.1. The summed E-state index contributed by atoms with van der Waals surface area (Å²) < 4.78 is 0. The lowest BCUT2D eigenvalue weighted by molar-refractivity contribution is 0.521. The third kappa shape index (κ3) is 3.64. The summed E-state index contributed by atoms with van der Waals surface area (Å²) in [7, 11) is 1.97. The Bertz CT molecular complexity index is 419. The molecule has 0 bridgehead atoms. The Balaban J connectivity index is 2.16. The standard InChI is InChI=1S/C16H25ClN2/c1-12-5-4-9-19(10-8-12)16-7-6-14(11-15(16)17)13(2)18-3/h6-7,11-13,18H,4-5,8-10H2,1-3H3. The minimum atomic E-state index is 0.343. The molecule has 0 radical (unpaired) electrons. The van der Waals surface area contributed by atoms with Gasteiger partial charge in [-0.2, -0.15) is 0 Å². The predicted molar refractivity (Wildman–Crippen MR) is 84.2 cm³/mol. The van der Waals surface area contributed by atoms with Crippen LogP contribution in [-0.4, -0.2) is 20.1 Å². The van der Waals surface area contributed by atoms with E-state index < -0.39 is 0 Å². The summed E-state index contributed by atoms with van der Waals surface area (Å²) in [6.07, 6.45) is 3.88. The molecule has 1 saturated heterocycles. The van der Waals surface area contributed by atoms with Crippen LogP contribution in [0.25, 0.3) is 0 Å². The fraction of sp³-hybridized carbons (Fsp3) is 0.625. The van der Waals surface area contributed by atoms with Gasteiger partial charge in [-0.15, -0.1) is 0 Å². The molecule has 0 amide bonds. The van der Waals surface area contributed by atoms with Crippen molar-refractivity contribution in [3.63, 3.8) is 0 Å². The van der Waals surface area contributed by atoms with Crippen LogP contribution in [0, 0.1) is 5.92 Å². The molecule has 106 valence electrons. The van der Waals surface area contributed by atoms with Crippen LogP contribution < -0.4 is 10.2 Å². The van der Waals surface area contributed by atoms with Gasteiger partial charge in [0.15, 0.2) is 0 Å². The van der Waals surface area contributed by atoms with E-state index in [1.807, 2.05) is 7.05 Å². The van der Waals surface area contributed by atoms with E-state index in [1.54, 1.807) is 0 Å². The van der Waals surface area contributed by atoms with Crippen molar-refractivity contribution in [2.24, 2.45) is 5.92 Å². The number of nitrogens with zero attached hydrogens (tertiary/aromatic N) is 1. The van der Waals surface area contributed by atoms with Crippen LogP contribution in [-0.2, 0) is 0 Å². The fourth-order valence-electron chi connectivity index (χ4n) is 2.72. The van der Waals surface area contributed by atoms with Gasteiger partial charge in [-0.1, -0.05) is 24.6 Å². The van der Waals surface area contributed by atoms with Gasteiger partial charge in [-0.3, -0.25) is 0 Å². The minimum absolute atomic E-state index is 0.343. The summed E-state index contributed by atoms with van der Waals surface area (Å²) in [6, 6.07) is 6.82. The van der Waals surface area contributed by atoms with Crippen LogP contribution in [0.4, 0.5) is 5.69 Å². The monoisotopic (exact) mass is 280 g/mol. The van der Waals surface area contributed by atoms with Gasteiger partial charge in [0.05, 0.1) is 10.7 Å². The molecule has 1 aliphatic rings. The maximum Gasteiger partial charge on any atom is 0.0642 e. The molecule has 2 unspecified atom stereocenters. The highest BCUT2D eigenvalue weighted by Crippen LogP contribution is 2.31. The van der Waals surface area contributed by atoms with Crippen molar-refractivity contribution < 1.29 is 0 Å². The quantitative estimate of drug-likeness (QED) is 0.891. The lowest BCUT2D eigenvalue weighted by Gasteiger charge is -2.25. The molecule has 1 aromatic carbocycles. The number of hydrogen-bond acceptors (Lipinski definition) is 2. The fourth-order valence-corrected chi connectivity index (χ4v) is 3.03. The Labute approximate surface area is 122 Å². The molecule has 2 rings (SSSR count). The lowest BCUT2D eigenvalue weighted by Crippen LogP contribution is -2.24. The Morgan fingerprint density at radius 1 is 1.32 bits per heavy atom. The van der Waals surface area contributed by atoms with Crippen LogP contribution in [0.1, 0.15) is 44.7 Å². The first kappa shape index (κ1) is 14.7. The van der Waals surface area contributed by atoms with Crippen molar-refractivity contribution in [1.82, 2.24) is 5.32 Å². The summed E-state index contributed by atoms with van der Waals surface area (Å²) in [6.45, 7) is 6.76. The van der Waals surface area contributed by atoms with E-state index in [-0.39, 0.29) is 0 Å².